The van der Waals surface area contributed by atoms with Gasteiger partial charge >= 0.3 is 0 Å². The number of methoxy groups -OCH3 is 1. The number of nitrogens with one attached hydrogen (secondary N) is 1. The molecule has 0 saturated carbocycles. The minimum absolute atomic E-state index is 0.0441. The molecule has 3 N–H and O–H groups in total. The van der Waals surface area contributed by atoms with Gasteiger partial charge in [-0.25, -0.2) is 0 Å². The predicted molar refractivity (Wildman–Crippen MR) is 70.8 cm³/mol. The van der Waals surface area contributed by atoms with Crippen molar-refractivity contribution in [1.29, 1.82) is 0 Å². The highest BCUT2D eigenvalue weighted by Gasteiger charge is 2.15. The molecule has 102 valence electrons. The van der Waals surface area contributed by atoms with Gasteiger partial charge in [0, 0.05) is 19.8 Å². The summed E-state index contributed by atoms with van der Waals surface area (Å²) in [4.78, 5) is 11.7. The van der Waals surface area contributed by atoms with Crippen molar-refractivity contribution in [3.63, 3.8) is 0 Å². The molecule has 0 fully saturated rings. The Morgan fingerprint density at radius 3 is 2.41 bits per heavy atom. The first-order valence-electron chi connectivity index (χ1n) is 6.52. The third-order valence-electron chi connectivity index (χ3n) is 2.77. The second-order valence-corrected chi connectivity index (χ2v) is 5.12. The Morgan fingerprint density at radius 1 is 1.24 bits per heavy atom. The molecule has 0 saturated heterocycles. The third-order valence-corrected chi connectivity index (χ3v) is 2.77. The minimum Gasteiger partial charge on any atom is -0.385 e. The number of carbonyl (C=O) groups is 1. The second kappa shape index (κ2) is 9.42. The fourth-order valence-electron chi connectivity index (χ4n) is 1.58. The van der Waals surface area contributed by atoms with Crippen molar-refractivity contribution in [2.75, 3.05) is 13.7 Å². The summed E-state index contributed by atoms with van der Waals surface area (Å²) in [5, 5.41) is 2.96. The van der Waals surface area contributed by atoms with Crippen molar-refractivity contribution < 1.29 is 9.53 Å². The van der Waals surface area contributed by atoms with E-state index in [9.17, 15) is 4.79 Å². The van der Waals surface area contributed by atoms with Crippen LogP contribution in [0, 0.1) is 5.92 Å². The highest BCUT2D eigenvalue weighted by Crippen LogP contribution is 2.06. The number of ether oxygens (including phenoxy) is 1. The van der Waals surface area contributed by atoms with Crippen molar-refractivity contribution in [2.45, 2.75) is 58.5 Å². The molecule has 0 aromatic carbocycles. The van der Waals surface area contributed by atoms with Crippen molar-refractivity contribution >= 4 is 5.91 Å². The van der Waals surface area contributed by atoms with E-state index in [4.69, 9.17) is 10.5 Å². The molecule has 0 aliphatic carbocycles. The molecule has 4 heteroatoms. The van der Waals surface area contributed by atoms with Crippen molar-refractivity contribution in [3.05, 3.63) is 0 Å². The molecule has 0 spiro atoms. The summed E-state index contributed by atoms with van der Waals surface area (Å²) in [5.74, 6) is 0.627. The van der Waals surface area contributed by atoms with Crippen LogP contribution in [-0.4, -0.2) is 31.7 Å². The van der Waals surface area contributed by atoms with E-state index in [2.05, 4.69) is 19.2 Å². The molecular weight excluding hydrogens is 216 g/mol. The van der Waals surface area contributed by atoms with Gasteiger partial charge in [-0.1, -0.05) is 13.8 Å². The van der Waals surface area contributed by atoms with Gasteiger partial charge < -0.3 is 15.8 Å². The van der Waals surface area contributed by atoms with Gasteiger partial charge in [0.2, 0.25) is 5.91 Å². The van der Waals surface area contributed by atoms with Crippen LogP contribution in [0.3, 0.4) is 0 Å². The number of amides is 1. The summed E-state index contributed by atoms with van der Waals surface area (Å²) in [7, 11) is 1.65. The number of hydrogen-bond acceptors (Lipinski definition) is 3. The van der Waals surface area contributed by atoms with Crippen molar-refractivity contribution in [1.82, 2.24) is 5.32 Å². The topological polar surface area (TPSA) is 64.3 Å². The fourth-order valence-corrected chi connectivity index (χ4v) is 1.58. The lowest BCUT2D eigenvalue weighted by Crippen LogP contribution is -2.44. The normalized spacial score (nSPS) is 14.7. The van der Waals surface area contributed by atoms with Crippen molar-refractivity contribution in [2.24, 2.45) is 11.7 Å². The van der Waals surface area contributed by atoms with Gasteiger partial charge in [0.1, 0.15) is 0 Å². The predicted octanol–water partition coefficient (Wildman–Crippen LogP) is 1.68. The summed E-state index contributed by atoms with van der Waals surface area (Å²) in [6, 6.07) is -0.204. The molecular formula is C13H28N2O2. The summed E-state index contributed by atoms with van der Waals surface area (Å²) in [6.07, 6.45) is 3.64. The Morgan fingerprint density at radius 2 is 1.88 bits per heavy atom. The number of nitrogens with two attached hydrogens (primary N) is 1. The zero-order valence-corrected chi connectivity index (χ0v) is 11.7. The smallest absolute Gasteiger partial charge is 0.237 e. The Balaban J connectivity index is 3.74. The Kier molecular flexibility index (Phi) is 9.09. The summed E-state index contributed by atoms with van der Waals surface area (Å²) in [6.45, 7) is 7.06. The van der Waals surface area contributed by atoms with Crippen LogP contribution >= 0.6 is 0 Å². The fraction of sp³-hybridized carbons (Fsp3) is 0.923. The lowest BCUT2D eigenvalue weighted by molar-refractivity contribution is -0.123. The van der Waals surface area contributed by atoms with Crippen LogP contribution in [0.1, 0.15) is 46.5 Å². The van der Waals surface area contributed by atoms with E-state index >= 15 is 0 Å². The van der Waals surface area contributed by atoms with Gasteiger partial charge in [0.15, 0.2) is 0 Å². The maximum absolute atomic E-state index is 11.7. The van der Waals surface area contributed by atoms with Gasteiger partial charge in [-0.3, -0.25) is 4.79 Å². The van der Waals surface area contributed by atoms with Crippen LogP contribution in [0.5, 0.6) is 0 Å². The molecule has 4 nitrogen and oxygen atoms in total. The van der Waals surface area contributed by atoms with E-state index in [0.29, 0.717) is 18.9 Å². The first kappa shape index (κ1) is 16.4. The summed E-state index contributed by atoms with van der Waals surface area (Å²) in [5.41, 5.74) is 5.79. The average molecular weight is 244 g/mol. The van der Waals surface area contributed by atoms with Crippen LogP contribution in [0.15, 0.2) is 0 Å². The highest BCUT2D eigenvalue weighted by molar-refractivity contribution is 5.81. The highest BCUT2D eigenvalue weighted by atomic mass is 16.5. The summed E-state index contributed by atoms with van der Waals surface area (Å²) < 4.78 is 4.93. The molecule has 0 aromatic rings. The standard InChI is InChI=1S/C13H28N2O2/c1-10(2)7-8-11(3)15-13(16)12(14)6-5-9-17-4/h10-12H,5-9,14H2,1-4H3,(H,15,16). The Bertz CT molecular complexity index is 208. The van der Waals surface area contributed by atoms with Crippen LogP contribution in [-0.2, 0) is 9.53 Å². The zero-order chi connectivity index (χ0) is 13.3. The van der Waals surface area contributed by atoms with Gasteiger partial charge in [-0.15, -0.1) is 0 Å². The SMILES string of the molecule is COCCCC(N)C(=O)NC(C)CCC(C)C. The maximum atomic E-state index is 11.7. The molecule has 0 radical (unpaired) electrons. The molecule has 0 bridgehead atoms. The van der Waals surface area contributed by atoms with Crippen LogP contribution in [0.4, 0.5) is 0 Å². The molecule has 1 amide bonds. The van der Waals surface area contributed by atoms with E-state index < -0.39 is 6.04 Å². The molecule has 2 atom stereocenters. The largest absolute Gasteiger partial charge is 0.385 e. The number of hydrogen-bond donors (Lipinski definition) is 2. The van der Waals surface area contributed by atoms with E-state index in [1.807, 2.05) is 6.92 Å². The third kappa shape index (κ3) is 9.12. The van der Waals surface area contributed by atoms with E-state index in [0.717, 1.165) is 19.3 Å². The van der Waals surface area contributed by atoms with Crippen LogP contribution in [0.25, 0.3) is 0 Å². The number of carbonyl (C=O) groups excluding carboxylic acids is 1. The minimum atomic E-state index is -0.411. The first-order valence-corrected chi connectivity index (χ1v) is 6.52. The molecule has 0 heterocycles. The molecule has 0 aromatic heterocycles. The lowest BCUT2D eigenvalue weighted by Gasteiger charge is -2.18. The van der Waals surface area contributed by atoms with Crippen LogP contribution < -0.4 is 11.1 Å². The van der Waals surface area contributed by atoms with E-state index in [1.54, 1.807) is 7.11 Å². The average Bonchev–Trinajstić information content (AvgIpc) is 2.26. The van der Waals surface area contributed by atoms with Gasteiger partial charge in [0.25, 0.3) is 0 Å². The maximum Gasteiger partial charge on any atom is 0.237 e. The van der Waals surface area contributed by atoms with E-state index in [-0.39, 0.29) is 11.9 Å². The molecule has 17 heavy (non-hydrogen) atoms. The molecule has 0 aliphatic rings. The van der Waals surface area contributed by atoms with E-state index in [1.165, 1.54) is 0 Å². The Labute approximate surface area is 105 Å². The number of rotatable bonds is 9. The Hall–Kier alpha value is -0.610. The monoisotopic (exact) mass is 244 g/mol. The quantitative estimate of drug-likeness (QED) is 0.607. The second-order valence-electron chi connectivity index (χ2n) is 5.12. The van der Waals surface area contributed by atoms with Crippen molar-refractivity contribution in [3.8, 4) is 0 Å². The molecule has 0 rings (SSSR count). The lowest BCUT2D eigenvalue weighted by atomic mass is 10.0. The van der Waals surface area contributed by atoms with Crippen LogP contribution in [0.2, 0.25) is 0 Å². The zero-order valence-electron chi connectivity index (χ0n) is 11.7. The molecule has 2 unspecified atom stereocenters. The molecule has 0 aliphatic heterocycles. The first-order chi connectivity index (χ1) is 7.97. The van der Waals surface area contributed by atoms with Gasteiger partial charge in [-0.2, -0.15) is 0 Å². The summed E-state index contributed by atoms with van der Waals surface area (Å²) >= 11 is 0. The van der Waals surface area contributed by atoms with Gasteiger partial charge in [-0.05, 0) is 38.5 Å². The van der Waals surface area contributed by atoms with Gasteiger partial charge in [0.05, 0.1) is 6.04 Å².